The second kappa shape index (κ2) is 22.3. The SMILES string of the molecule is CCCCCCOc1cc(C#Cc2ccc(C#Cc3cc(C#C[Si](C(C)C)(C(C)C)C(C)C)cc(OCCCCCC)c3)cc2)cc(C#C[Si](C)(C)C)c1. The number of hydrogen-bond donors (Lipinski definition) is 0. The van der Waals surface area contributed by atoms with Crippen LogP contribution in [0.3, 0.4) is 0 Å². The van der Waals surface area contributed by atoms with Crippen molar-refractivity contribution < 1.29 is 9.47 Å². The highest BCUT2D eigenvalue weighted by molar-refractivity contribution is 6.90. The first kappa shape index (κ1) is 44.3. The summed E-state index contributed by atoms with van der Waals surface area (Å²) in [6.45, 7) is 26.8. The average molecular weight is 755 g/mol. The molecule has 0 radical (unpaired) electrons. The first-order valence-electron chi connectivity index (χ1n) is 20.5. The summed E-state index contributed by atoms with van der Waals surface area (Å²) in [7, 11) is -3.40. The molecule has 0 aliphatic rings. The van der Waals surface area contributed by atoms with Crippen LogP contribution in [0.2, 0.25) is 36.3 Å². The van der Waals surface area contributed by atoms with Crippen LogP contribution in [0, 0.1) is 46.6 Å². The van der Waals surface area contributed by atoms with Gasteiger partial charge in [-0.1, -0.05) is 149 Å². The van der Waals surface area contributed by atoms with Crippen molar-refractivity contribution in [2.45, 2.75) is 143 Å². The first-order chi connectivity index (χ1) is 25.7. The van der Waals surface area contributed by atoms with Crippen LogP contribution >= 0.6 is 0 Å². The molecular formula is C50H66O2Si2. The van der Waals surface area contributed by atoms with Crippen LogP contribution < -0.4 is 9.47 Å². The Balaban J connectivity index is 1.89. The van der Waals surface area contributed by atoms with Crippen LogP contribution in [0.4, 0.5) is 0 Å². The molecular weight excluding hydrogens is 689 g/mol. The van der Waals surface area contributed by atoms with E-state index in [1.807, 2.05) is 30.3 Å². The van der Waals surface area contributed by atoms with Gasteiger partial charge in [0.05, 0.1) is 13.2 Å². The van der Waals surface area contributed by atoms with Crippen molar-refractivity contribution in [3.63, 3.8) is 0 Å². The fourth-order valence-corrected chi connectivity index (χ4v) is 12.6. The third kappa shape index (κ3) is 15.0. The molecule has 0 aliphatic carbocycles. The van der Waals surface area contributed by atoms with E-state index in [2.05, 4.69) is 152 Å². The van der Waals surface area contributed by atoms with Gasteiger partial charge in [-0.2, -0.15) is 0 Å². The number of rotatable bonds is 15. The zero-order chi connectivity index (χ0) is 39.6. The maximum atomic E-state index is 6.26. The predicted octanol–water partition coefficient (Wildman–Crippen LogP) is 13.2. The van der Waals surface area contributed by atoms with Crippen molar-refractivity contribution in [3.8, 4) is 58.1 Å². The van der Waals surface area contributed by atoms with E-state index in [1.54, 1.807) is 0 Å². The summed E-state index contributed by atoms with van der Waals surface area (Å²) in [4.78, 5) is 0. The largest absolute Gasteiger partial charge is 0.494 e. The van der Waals surface area contributed by atoms with E-state index < -0.39 is 16.1 Å². The monoisotopic (exact) mass is 754 g/mol. The van der Waals surface area contributed by atoms with Gasteiger partial charge in [0.2, 0.25) is 0 Å². The second-order valence-corrected chi connectivity index (χ2v) is 26.9. The third-order valence-electron chi connectivity index (χ3n) is 9.80. The van der Waals surface area contributed by atoms with Gasteiger partial charge in [0.1, 0.15) is 27.6 Å². The van der Waals surface area contributed by atoms with E-state index in [-0.39, 0.29) is 0 Å². The molecule has 54 heavy (non-hydrogen) atoms. The summed E-state index contributed by atoms with van der Waals surface area (Å²) in [5.41, 5.74) is 14.7. The standard InChI is InChI=1S/C50H66O2Si2/c1-12-14-16-18-30-51-49-36-45(34-47(38-49)28-32-53(9,10)11)26-24-43-20-22-44(23-21-43)25-27-46-35-48(39-50(37-46)52-31-19-17-15-13-2)29-33-54(40(3)4,41(5)6)42(7)8/h20-23,34-42H,12-19,30-31H2,1-11H3. The molecule has 3 rings (SSSR count). The molecule has 0 amide bonds. The van der Waals surface area contributed by atoms with E-state index in [0.717, 1.165) is 57.7 Å². The minimum Gasteiger partial charge on any atom is -0.494 e. The number of ether oxygens (including phenoxy) is 2. The van der Waals surface area contributed by atoms with Gasteiger partial charge in [0.25, 0.3) is 0 Å². The molecule has 3 aromatic rings. The zero-order valence-electron chi connectivity index (χ0n) is 35.4. The fraction of sp³-hybridized carbons (Fsp3) is 0.480. The van der Waals surface area contributed by atoms with Crippen LogP contribution in [-0.4, -0.2) is 29.4 Å². The lowest BCUT2D eigenvalue weighted by Gasteiger charge is -2.38. The Kier molecular flexibility index (Phi) is 18.3. The number of benzene rings is 3. The second-order valence-electron chi connectivity index (χ2n) is 16.5. The molecule has 0 N–H and O–H groups in total. The topological polar surface area (TPSA) is 18.5 Å². The van der Waals surface area contributed by atoms with Crippen molar-refractivity contribution in [3.05, 3.63) is 94.0 Å². The van der Waals surface area contributed by atoms with E-state index >= 15 is 0 Å². The summed E-state index contributed by atoms with van der Waals surface area (Å²) in [5.74, 6) is 22.2. The summed E-state index contributed by atoms with van der Waals surface area (Å²) >= 11 is 0. The molecule has 0 unspecified atom stereocenters. The average Bonchev–Trinajstić information content (AvgIpc) is 3.12. The fourth-order valence-electron chi connectivity index (χ4n) is 6.89. The molecule has 2 nitrogen and oxygen atoms in total. The Morgan fingerprint density at radius 2 is 0.796 bits per heavy atom. The summed E-state index contributed by atoms with van der Waals surface area (Å²) in [6.07, 6.45) is 9.37. The van der Waals surface area contributed by atoms with Crippen molar-refractivity contribution in [2.24, 2.45) is 0 Å². The van der Waals surface area contributed by atoms with Gasteiger partial charge < -0.3 is 9.47 Å². The first-order valence-corrected chi connectivity index (χ1v) is 26.2. The quantitative estimate of drug-likeness (QED) is 0.0874. The van der Waals surface area contributed by atoms with E-state index in [1.165, 1.54) is 38.5 Å². The van der Waals surface area contributed by atoms with E-state index in [9.17, 15) is 0 Å². The highest BCUT2D eigenvalue weighted by Gasteiger charge is 2.41. The summed E-state index contributed by atoms with van der Waals surface area (Å²) < 4.78 is 12.4. The maximum absolute atomic E-state index is 6.26. The van der Waals surface area contributed by atoms with Gasteiger partial charge in [0.15, 0.2) is 0 Å². The molecule has 0 saturated carbocycles. The molecule has 0 heterocycles. The van der Waals surface area contributed by atoms with Gasteiger partial charge in [-0.3, -0.25) is 0 Å². The Bertz CT molecular complexity index is 1860. The Labute approximate surface area is 332 Å². The Hall–Kier alpha value is -4.07. The Morgan fingerprint density at radius 3 is 1.15 bits per heavy atom. The normalized spacial score (nSPS) is 11.1. The highest BCUT2D eigenvalue weighted by Crippen LogP contribution is 2.41. The Morgan fingerprint density at radius 1 is 0.444 bits per heavy atom. The lowest BCUT2D eigenvalue weighted by molar-refractivity contribution is 0.305. The van der Waals surface area contributed by atoms with Crippen molar-refractivity contribution in [1.82, 2.24) is 0 Å². The maximum Gasteiger partial charge on any atom is 0.146 e. The van der Waals surface area contributed by atoms with Crippen LogP contribution in [0.25, 0.3) is 0 Å². The van der Waals surface area contributed by atoms with Crippen molar-refractivity contribution in [1.29, 1.82) is 0 Å². The van der Waals surface area contributed by atoms with Crippen LogP contribution in [0.1, 0.15) is 140 Å². The van der Waals surface area contributed by atoms with Gasteiger partial charge in [-0.15, -0.1) is 11.1 Å². The van der Waals surface area contributed by atoms with E-state index in [4.69, 9.17) is 9.47 Å². The zero-order valence-corrected chi connectivity index (χ0v) is 37.4. The van der Waals surface area contributed by atoms with Gasteiger partial charge in [0, 0.05) is 33.4 Å². The third-order valence-corrected chi connectivity index (χ3v) is 17.0. The minimum absolute atomic E-state index is 0.575. The van der Waals surface area contributed by atoms with Crippen LogP contribution in [-0.2, 0) is 0 Å². The molecule has 0 fully saturated rings. The molecule has 4 heteroatoms. The summed E-state index contributed by atoms with van der Waals surface area (Å²) in [6, 6.07) is 20.6. The van der Waals surface area contributed by atoms with Gasteiger partial charge >= 0.3 is 0 Å². The number of unbranched alkanes of at least 4 members (excludes halogenated alkanes) is 6. The van der Waals surface area contributed by atoms with Crippen molar-refractivity contribution in [2.75, 3.05) is 13.2 Å². The highest BCUT2D eigenvalue weighted by atomic mass is 28.3. The molecule has 0 aliphatic heterocycles. The van der Waals surface area contributed by atoms with E-state index in [0.29, 0.717) is 29.8 Å². The molecule has 0 saturated heterocycles. The minimum atomic E-state index is -1.88. The predicted molar refractivity (Wildman–Crippen MR) is 239 cm³/mol. The van der Waals surface area contributed by atoms with Crippen LogP contribution in [0.15, 0.2) is 60.7 Å². The van der Waals surface area contributed by atoms with Gasteiger partial charge in [-0.25, -0.2) is 0 Å². The molecule has 0 atom stereocenters. The lowest BCUT2D eigenvalue weighted by Crippen LogP contribution is -2.43. The smallest absolute Gasteiger partial charge is 0.146 e. The van der Waals surface area contributed by atoms with Gasteiger partial charge in [-0.05, 0) is 90.1 Å². The molecule has 286 valence electrons. The van der Waals surface area contributed by atoms with Crippen LogP contribution in [0.5, 0.6) is 11.5 Å². The molecule has 0 spiro atoms. The number of hydrogen-bond acceptors (Lipinski definition) is 2. The molecule has 0 bridgehead atoms. The lowest BCUT2D eigenvalue weighted by atomic mass is 10.1. The molecule has 3 aromatic carbocycles. The van der Waals surface area contributed by atoms with Crippen molar-refractivity contribution >= 4 is 16.1 Å². The molecule has 0 aromatic heterocycles. The summed E-state index contributed by atoms with van der Waals surface area (Å²) in [5, 5.41) is 0.